The maximum absolute atomic E-state index is 11.9. The van der Waals surface area contributed by atoms with Gasteiger partial charge in [-0.3, -0.25) is 14.4 Å². The predicted molar refractivity (Wildman–Crippen MR) is 105 cm³/mol. The lowest BCUT2D eigenvalue weighted by molar-refractivity contribution is -0.147. The van der Waals surface area contributed by atoms with Crippen molar-refractivity contribution in [2.24, 2.45) is 5.73 Å². The van der Waals surface area contributed by atoms with Crippen LogP contribution in [0.4, 0.5) is 5.00 Å². The Balaban J connectivity index is 1.43. The summed E-state index contributed by atoms with van der Waals surface area (Å²) in [4.78, 5) is 35.0. The second kappa shape index (κ2) is 9.01. The zero-order valence-electron chi connectivity index (χ0n) is 14.8. The number of furan rings is 1. The monoisotopic (exact) mass is 398 g/mol. The minimum atomic E-state index is -0.637. The molecule has 3 N–H and O–H groups in total. The fraction of sp³-hybridized carbons (Fsp3) is 0.150. The summed E-state index contributed by atoms with van der Waals surface area (Å²) in [6.45, 7) is -0.442. The van der Waals surface area contributed by atoms with Crippen molar-refractivity contribution in [3.05, 3.63) is 65.2 Å². The molecule has 0 aliphatic rings. The highest BCUT2D eigenvalue weighted by molar-refractivity contribution is 7.14. The van der Waals surface area contributed by atoms with Crippen molar-refractivity contribution in [1.29, 1.82) is 0 Å². The molecule has 2 aromatic heterocycles. The van der Waals surface area contributed by atoms with Gasteiger partial charge in [0.05, 0.1) is 12.0 Å². The van der Waals surface area contributed by atoms with Gasteiger partial charge in [0.25, 0.3) is 11.8 Å². The van der Waals surface area contributed by atoms with Gasteiger partial charge in [-0.15, -0.1) is 11.3 Å². The first-order valence-corrected chi connectivity index (χ1v) is 9.38. The fourth-order valence-electron chi connectivity index (χ4n) is 2.48. The first-order chi connectivity index (χ1) is 13.5. The molecular formula is C20H18N2O5S. The number of hydrogen-bond donors (Lipinski definition) is 2. The van der Waals surface area contributed by atoms with Gasteiger partial charge in [-0.1, -0.05) is 30.3 Å². The van der Waals surface area contributed by atoms with E-state index in [1.807, 2.05) is 42.5 Å². The Hall–Kier alpha value is -3.39. The summed E-state index contributed by atoms with van der Waals surface area (Å²) < 4.78 is 10.7. The highest BCUT2D eigenvalue weighted by atomic mass is 32.1. The molecule has 8 heteroatoms. The standard InChI is InChI=1S/C20H18N2O5S/c21-19(25)15-10-11-28-20(15)22-17(23)12-26-18(24)9-7-14-6-8-16(27-14)13-4-2-1-3-5-13/h1-6,8,10-11H,7,9,12H2,(H2,21,25)(H,22,23). The van der Waals surface area contributed by atoms with E-state index in [1.54, 1.807) is 5.38 Å². The summed E-state index contributed by atoms with van der Waals surface area (Å²) in [5, 5.41) is 4.47. The summed E-state index contributed by atoms with van der Waals surface area (Å²) in [5.74, 6) is -0.312. The summed E-state index contributed by atoms with van der Waals surface area (Å²) >= 11 is 1.16. The minimum absolute atomic E-state index is 0.0839. The van der Waals surface area contributed by atoms with Gasteiger partial charge >= 0.3 is 5.97 Å². The second-order valence-electron chi connectivity index (χ2n) is 5.87. The molecule has 0 aliphatic carbocycles. The van der Waals surface area contributed by atoms with Crippen LogP contribution in [0.3, 0.4) is 0 Å². The molecular weight excluding hydrogens is 380 g/mol. The lowest BCUT2D eigenvalue weighted by Gasteiger charge is -2.06. The van der Waals surface area contributed by atoms with E-state index >= 15 is 0 Å². The number of thiophene rings is 1. The normalized spacial score (nSPS) is 10.4. The van der Waals surface area contributed by atoms with Crippen molar-refractivity contribution in [3.63, 3.8) is 0 Å². The van der Waals surface area contributed by atoms with Crippen LogP contribution in [0.25, 0.3) is 11.3 Å². The van der Waals surface area contributed by atoms with E-state index < -0.39 is 24.4 Å². The van der Waals surface area contributed by atoms with Crippen molar-refractivity contribution in [2.45, 2.75) is 12.8 Å². The Bertz CT molecular complexity index is 977. The molecule has 0 saturated carbocycles. The van der Waals surface area contributed by atoms with E-state index in [4.69, 9.17) is 14.9 Å². The number of anilines is 1. The number of benzene rings is 1. The van der Waals surface area contributed by atoms with Crippen molar-refractivity contribution >= 4 is 34.1 Å². The zero-order chi connectivity index (χ0) is 19.9. The third-order valence-corrected chi connectivity index (χ3v) is 4.67. The largest absolute Gasteiger partial charge is 0.461 e. The number of nitrogens with two attached hydrogens (primary N) is 1. The third kappa shape index (κ3) is 5.08. The molecule has 3 aromatic rings. The summed E-state index contributed by atoms with van der Waals surface area (Å²) in [5.41, 5.74) is 6.39. The number of ether oxygens (including phenoxy) is 1. The van der Waals surface area contributed by atoms with E-state index in [1.165, 1.54) is 6.07 Å². The number of nitrogens with one attached hydrogen (secondary N) is 1. The number of primary amides is 1. The maximum atomic E-state index is 11.9. The van der Waals surface area contributed by atoms with Crippen LogP contribution < -0.4 is 11.1 Å². The van der Waals surface area contributed by atoms with E-state index in [0.29, 0.717) is 17.2 Å². The molecule has 0 aliphatic heterocycles. The molecule has 0 unspecified atom stereocenters. The summed E-state index contributed by atoms with van der Waals surface area (Å²) in [7, 11) is 0. The topological polar surface area (TPSA) is 112 Å². The third-order valence-electron chi connectivity index (χ3n) is 3.84. The highest BCUT2D eigenvalue weighted by Crippen LogP contribution is 2.23. The van der Waals surface area contributed by atoms with Gasteiger partial charge in [-0.05, 0) is 23.6 Å². The molecule has 0 saturated heterocycles. The molecule has 0 bridgehead atoms. The number of esters is 1. The molecule has 0 atom stereocenters. The molecule has 0 fully saturated rings. The van der Waals surface area contributed by atoms with Crippen molar-refractivity contribution in [2.75, 3.05) is 11.9 Å². The number of carbonyl (C=O) groups is 3. The van der Waals surface area contributed by atoms with Crippen LogP contribution in [0.15, 0.2) is 58.3 Å². The number of carbonyl (C=O) groups excluding carboxylic acids is 3. The van der Waals surface area contributed by atoms with Crippen LogP contribution in [0.5, 0.6) is 0 Å². The Morgan fingerprint density at radius 2 is 1.86 bits per heavy atom. The van der Waals surface area contributed by atoms with Crippen LogP contribution >= 0.6 is 11.3 Å². The molecule has 0 radical (unpaired) electrons. The molecule has 28 heavy (non-hydrogen) atoms. The summed E-state index contributed by atoms with van der Waals surface area (Å²) in [6.07, 6.45) is 0.449. The summed E-state index contributed by atoms with van der Waals surface area (Å²) in [6, 6.07) is 14.8. The molecule has 3 rings (SSSR count). The fourth-order valence-corrected chi connectivity index (χ4v) is 3.28. The molecule has 1 aromatic carbocycles. The Labute approximate surface area is 165 Å². The number of rotatable bonds is 8. The van der Waals surface area contributed by atoms with Crippen LogP contribution in [-0.4, -0.2) is 24.4 Å². The second-order valence-corrected chi connectivity index (χ2v) is 6.78. The van der Waals surface area contributed by atoms with Gasteiger partial charge in [-0.25, -0.2) is 0 Å². The Kier molecular flexibility index (Phi) is 6.23. The molecule has 7 nitrogen and oxygen atoms in total. The van der Waals surface area contributed by atoms with Crippen LogP contribution in [-0.2, 0) is 20.7 Å². The van der Waals surface area contributed by atoms with E-state index in [-0.39, 0.29) is 12.0 Å². The SMILES string of the molecule is NC(=O)c1ccsc1NC(=O)COC(=O)CCc1ccc(-c2ccccc2)o1. The lowest BCUT2D eigenvalue weighted by atomic mass is 10.2. The molecule has 0 spiro atoms. The quantitative estimate of drug-likeness (QED) is 0.566. The highest BCUT2D eigenvalue weighted by Gasteiger charge is 2.14. The van der Waals surface area contributed by atoms with Gasteiger partial charge in [0.1, 0.15) is 16.5 Å². The van der Waals surface area contributed by atoms with Crippen LogP contribution in [0.2, 0.25) is 0 Å². The van der Waals surface area contributed by atoms with Gasteiger partial charge < -0.3 is 20.2 Å². The number of aryl methyl sites for hydroxylation is 1. The van der Waals surface area contributed by atoms with Crippen molar-refractivity contribution in [3.8, 4) is 11.3 Å². The number of amides is 2. The Morgan fingerprint density at radius 3 is 2.61 bits per heavy atom. The average Bonchev–Trinajstić information content (AvgIpc) is 3.35. The molecule has 2 amide bonds. The number of hydrogen-bond acceptors (Lipinski definition) is 6. The molecule has 144 valence electrons. The van der Waals surface area contributed by atoms with Gasteiger partial charge in [0.15, 0.2) is 6.61 Å². The van der Waals surface area contributed by atoms with Crippen molar-refractivity contribution in [1.82, 2.24) is 0 Å². The van der Waals surface area contributed by atoms with Crippen molar-refractivity contribution < 1.29 is 23.5 Å². The van der Waals surface area contributed by atoms with Gasteiger partial charge in [0, 0.05) is 12.0 Å². The van der Waals surface area contributed by atoms with E-state index in [0.717, 1.165) is 22.7 Å². The van der Waals surface area contributed by atoms with Crippen LogP contribution in [0.1, 0.15) is 22.5 Å². The first kappa shape index (κ1) is 19.4. The predicted octanol–water partition coefficient (Wildman–Crippen LogP) is 3.22. The Morgan fingerprint density at radius 1 is 1.07 bits per heavy atom. The van der Waals surface area contributed by atoms with Gasteiger partial charge in [-0.2, -0.15) is 0 Å². The maximum Gasteiger partial charge on any atom is 0.306 e. The average molecular weight is 398 g/mol. The van der Waals surface area contributed by atoms with Gasteiger partial charge in [0.2, 0.25) is 0 Å². The smallest absolute Gasteiger partial charge is 0.306 e. The zero-order valence-corrected chi connectivity index (χ0v) is 15.7. The van der Waals surface area contributed by atoms with E-state index in [2.05, 4.69) is 5.32 Å². The van der Waals surface area contributed by atoms with E-state index in [9.17, 15) is 14.4 Å². The first-order valence-electron chi connectivity index (χ1n) is 8.50. The minimum Gasteiger partial charge on any atom is -0.461 e. The molecule has 2 heterocycles. The lowest BCUT2D eigenvalue weighted by Crippen LogP contribution is -2.22. The van der Waals surface area contributed by atoms with Crippen LogP contribution in [0, 0.1) is 0 Å².